The number of allylic oxidation sites excluding steroid dienone is 2. The number of nitrogens with one attached hydrogen (secondary N) is 2. The first-order valence-corrected chi connectivity index (χ1v) is 21.2. The molecule has 4 heterocycles. The number of halogens is 3. The highest BCUT2D eigenvalue weighted by Gasteiger charge is 2.61. The van der Waals surface area contributed by atoms with E-state index >= 15 is 0 Å². The predicted octanol–water partition coefficient (Wildman–Crippen LogP) is 5.82. The molecule has 2 aromatic heterocycles. The summed E-state index contributed by atoms with van der Waals surface area (Å²) in [4.78, 5) is 62.3. The lowest BCUT2D eigenvalue weighted by atomic mass is 9.91. The Morgan fingerprint density at radius 3 is 2.51 bits per heavy atom. The Balaban J connectivity index is 1.13. The number of hydrogen-bond acceptors (Lipinski definition) is 11. The minimum Gasteiger partial charge on any atom is -0.472 e. The second kappa shape index (κ2) is 15.6. The Morgan fingerprint density at radius 1 is 1.00 bits per heavy atom. The van der Waals surface area contributed by atoms with Crippen molar-refractivity contribution in [2.45, 2.75) is 101 Å². The van der Waals surface area contributed by atoms with Crippen LogP contribution in [0.1, 0.15) is 80.5 Å². The van der Waals surface area contributed by atoms with Gasteiger partial charge in [-0.15, -0.1) is 13.2 Å². The number of Topliss-reactive ketones (excluding diaryl/α,β-unsaturated/α-hetero) is 1. The van der Waals surface area contributed by atoms with Crippen LogP contribution in [0.2, 0.25) is 0 Å². The van der Waals surface area contributed by atoms with E-state index in [-0.39, 0.29) is 49.3 Å². The number of carbonyl (C=O) groups is 4. The third-order valence-electron chi connectivity index (χ3n) is 11.5. The van der Waals surface area contributed by atoms with Gasteiger partial charge in [0, 0.05) is 35.7 Å². The van der Waals surface area contributed by atoms with E-state index in [0.29, 0.717) is 54.0 Å². The molecule has 5 atom stereocenters. The topological polar surface area (TPSA) is 187 Å². The number of alkyl halides is 3. The van der Waals surface area contributed by atoms with Crippen molar-refractivity contribution >= 4 is 55.2 Å². The number of hydrogen-bond donors (Lipinski definition) is 2. The molecule has 2 aliphatic carbocycles. The lowest BCUT2D eigenvalue weighted by Gasteiger charge is -2.29. The predicted molar refractivity (Wildman–Crippen MR) is 205 cm³/mol. The van der Waals surface area contributed by atoms with Crippen LogP contribution < -0.4 is 19.5 Å². The Labute approximate surface area is 336 Å². The number of amides is 3. The van der Waals surface area contributed by atoms with Gasteiger partial charge >= 0.3 is 6.36 Å². The maximum absolute atomic E-state index is 14.7. The number of ketones is 1. The summed E-state index contributed by atoms with van der Waals surface area (Å²) in [6, 6.07) is 10.00. The first kappa shape index (κ1) is 40.3. The van der Waals surface area contributed by atoms with Crippen molar-refractivity contribution < 1.29 is 54.8 Å². The van der Waals surface area contributed by atoms with E-state index < -0.39 is 80.4 Å². The van der Waals surface area contributed by atoms with Crippen molar-refractivity contribution in [3.8, 4) is 11.6 Å². The van der Waals surface area contributed by atoms with E-state index in [1.54, 1.807) is 31.2 Å². The summed E-state index contributed by atoms with van der Waals surface area (Å²) < 4.78 is 83.2. The lowest BCUT2D eigenvalue weighted by Crippen LogP contribution is -2.52. The minimum atomic E-state index is -4.94. The van der Waals surface area contributed by atoms with Crippen molar-refractivity contribution in [1.82, 2.24) is 25.1 Å². The molecule has 0 spiro atoms. The third-order valence-corrected chi connectivity index (χ3v) is 13.4. The molecule has 0 radical (unpaired) electrons. The van der Waals surface area contributed by atoms with Gasteiger partial charge in [0.15, 0.2) is 11.5 Å². The number of ether oxygens (including phenoxy) is 2. The number of sulfonamides is 1. The molecule has 8 rings (SSSR count). The fourth-order valence-electron chi connectivity index (χ4n) is 8.24. The standard InChI is InChI=1S/C41H42F3N5O9S/c1-23-17-33(47-58-23)36(51)45-31-12-6-4-2-3-5-9-24-20-40(24,39(53)48-59(54,55)27-14-15-27)21-35(50)34-19-26(22-49(34)38(31)52)56-37-30-11-8-7-10-28(30)29-16-13-25(18-32(29)46-37)57-41(42,43)44/h5,7-11,13,16-18,24,26-27,31,34H,2-4,6,12,14-15,19-22H2,1H3,(H,45,51)(H,48,53)/b9-5-/t24-,26-,31+,34+,40-/m1/s1. The van der Waals surface area contributed by atoms with Crippen LogP contribution in [0, 0.1) is 18.3 Å². The van der Waals surface area contributed by atoms with Crippen molar-refractivity contribution in [3.63, 3.8) is 0 Å². The highest BCUT2D eigenvalue weighted by molar-refractivity contribution is 7.90. The number of carbonyl (C=O) groups excluding carboxylic acids is 4. The molecule has 0 unspecified atom stereocenters. The van der Waals surface area contributed by atoms with E-state index in [2.05, 4.69) is 24.9 Å². The van der Waals surface area contributed by atoms with Gasteiger partial charge in [-0.05, 0) is 75.0 Å². The third kappa shape index (κ3) is 8.63. The average Bonchev–Trinajstić information content (AvgIpc) is 4.07. The molecule has 2 aromatic carbocycles. The van der Waals surface area contributed by atoms with Crippen LogP contribution in [0.15, 0.2) is 65.2 Å². The second-order valence-electron chi connectivity index (χ2n) is 15.9. The fraction of sp³-hybridized carbons (Fsp3) is 0.463. The molecule has 0 bridgehead atoms. The summed E-state index contributed by atoms with van der Waals surface area (Å²) in [5.41, 5.74) is -1.24. The van der Waals surface area contributed by atoms with E-state index in [4.69, 9.17) is 9.26 Å². The normalized spacial score (nSPS) is 26.0. The summed E-state index contributed by atoms with van der Waals surface area (Å²) in [6.07, 6.45) is 1.59. The summed E-state index contributed by atoms with van der Waals surface area (Å²) in [5.74, 6) is -2.90. The fourth-order valence-corrected chi connectivity index (χ4v) is 9.63. The first-order valence-electron chi connectivity index (χ1n) is 19.7. The van der Waals surface area contributed by atoms with Gasteiger partial charge < -0.3 is 24.2 Å². The Morgan fingerprint density at radius 2 is 1.78 bits per heavy atom. The monoisotopic (exact) mass is 837 g/mol. The number of benzene rings is 2. The molecule has 4 aromatic rings. The summed E-state index contributed by atoms with van der Waals surface area (Å²) >= 11 is 0. The van der Waals surface area contributed by atoms with Crippen LogP contribution in [-0.4, -0.2) is 83.3 Å². The largest absolute Gasteiger partial charge is 0.573 e. The first-order chi connectivity index (χ1) is 28.1. The van der Waals surface area contributed by atoms with Crippen LogP contribution in [0.4, 0.5) is 13.2 Å². The van der Waals surface area contributed by atoms with Crippen LogP contribution in [-0.2, 0) is 24.4 Å². The molecule has 3 fully saturated rings. The molecule has 3 amide bonds. The molecule has 1 saturated heterocycles. The zero-order valence-electron chi connectivity index (χ0n) is 32.0. The zero-order valence-corrected chi connectivity index (χ0v) is 32.8. The summed E-state index contributed by atoms with van der Waals surface area (Å²) in [6.45, 7) is 1.48. The maximum atomic E-state index is 14.7. The highest BCUT2D eigenvalue weighted by atomic mass is 32.2. The average molecular weight is 838 g/mol. The van der Waals surface area contributed by atoms with Gasteiger partial charge in [0.25, 0.3) is 5.91 Å². The zero-order chi connectivity index (χ0) is 41.7. The lowest BCUT2D eigenvalue weighted by molar-refractivity contribution is -0.274. The van der Waals surface area contributed by atoms with Crippen molar-refractivity contribution in [1.29, 1.82) is 0 Å². The Bertz CT molecular complexity index is 2470. The van der Waals surface area contributed by atoms with Gasteiger partial charge in [-0.25, -0.2) is 13.4 Å². The van der Waals surface area contributed by atoms with Gasteiger partial charge in [-0.1, -0.05) is 48.3 Å². The second-order valence-corrected chi connectivity index (χ2v) is 17.8. The summed E-state index contributed by atoms with van der Waals surface area (Å²) in [5, 5.41) is 7.59. The minimum absolute atomic E-state index is 0.0292. The van der Waals surface area contributed by atoms with Crippen molar-refractivity contribution in [3.05, 3.63) is 72.1 Å². The highest BCUT2D eigenvalue weighted by Crippen LogP contribution is 2.57. The van der Waals surface area contributed by atoms with Gasteiger partial charge in [-0.2, -0.15) is 0 Å². The SMILES string of the molecule is Cc1cc(C(=O)N[C@H]2CCCCC/C=C\[C@@H]3C[C@@]3(C(=O)NS(=O)(=O)C3CC3)CC(=O)[C@@H]3C[C@@H](Oc4nc5cc(OC(F)(F)F)ccc5c5ccccc45)CN3C2=O)no1. The van der Waals surface area contributed by atoms with Crippen LogP contribution >= 0.6 is 0 Å². The van der Waals surface area contributed by atoms with E-state index in [1.807, 2.05) is 12.2 Å². The van der Waals surface area contributed by atoms with Crippen LogP contribution in [0.5, 0.6) is 11.6 Å². The number of nitrogens with zero attached hydrogens (tertiary/aromatic N) is 3. The van der Waals surface area contributed by atoms with Crippen LogP contribution in [0.25, 0.3) is 21.7 Å². The number of fused-ring (bicyclic) bond motifs is 5. The van der Waals surface area contributed by atoms with Crippen LogP contribution in [0.3, 0.4) is 0 Å². The van der Waals surface area contributed by atoms with Gasteiger partial charge in [0.05, 0.1) is 28.8 Å². The molecule has 14 nitrogen and oxygen atoms in total. The number of rotatable bonds is 8. The van der Waals surface area contributed by atoms with Gasteiger partial charge in [0.2, 0.25) is 27.7 Å². The molecule has 312 valence electrons. The smallest absolute Gasteiger partial charge is 0.472 e. The molecule has 4 aliphatic rings. The Hall–Kier alpha value is -5.52. The molecular formula is C41H42F3N5O9S. The molecule has 18 heteroatoms. The molecule has 2 aliphatic heterocycles. The number of pyridine rings is 1. The van der Waals surface area contributed by atoms with E-state index in [9.17, 15) is 40.8 Å². The van der Waals surface area contributed by atoms with E-state index in [1.165, 1.54) is 23.1 Å². The molecule has 59 heavy (non-hydrogen) atoms. The quantitative estimate of drug-likeness (QED) is 0.161. The van der Waals surface area contributed by atoms with Gasteiger partial charge in [0.1, 0.15) is 23.7 Å². The number of aryl methyl sites for hydroxylation is 1. The molecule has 2 saturated carbocycles. The Kier molecular flexibility index (Phi) is 10.6. The molecule has 2 N–H and O–H groups in total. The summed E-state index contributed by atoms with van der Waals surface area (Å²) in [7, 11) is -3.93. The van der Waals surface area contributed by atoms with E-state index in [0.717, 1.165) is 12.5 Å². The van der Waals surface area contributed by atoms with Crippen molar-refractivity contribution in [2.75, 3.05) is 6.54 Å². The maximum Gasteiger partial charge on any atom is 0.573 e. The van der Waals surface area contributed by atoms with Gasteiger partial charge in [-0.3, -0.25) is 23.9 Å². The number of aromatic nitrogens is 2. The molecular weight excluding hydrogens is 796 g/mol. The van der Waals surface area contributed by atoms with Crippen molar-refractivity contribution in [2.24, 2.45) is 11.3 Å².